The quantitative estimate of drug-likeness (QED) is 0.378. The first kappa shape index (κ1) is 21.4. The van der Waals surface area contributed by atoms with Crippen LogP contribution in [-0.4, -0.2) is 55.2 Å². The lowest BCUT2D eigenvalue weighted by atomic mass is 10.1. The number of nitrogens with zero attached hydrogens (tertiary/aromatic N) is 1. The second-order valence-electron chi connectivity index (χ2n) is 6.25. The van der Waals surface area contributed by atoms with Crippen LogP contribution in [0.15, 0.2) is 24.3 Å². The van der Waals surface area contributed by atoms with Gasteiger partial charge in [0.1, 0.15) is 5.75 Å². The van der Waals surface area contributed by atoms with Crippen molar-refractivity contribution in [1.82, 2.24) is 10.2 Å². The van der Waals surface area contributed by atoms with Gasteiger partial charge in [-0.25, -0.2) is 0 Å². The maximum Gasteiger partial charge on any atom is 0.222 e. The Bertz CT molecular complexity index is 482. The Kier molecular flexibility index (Phi) is 11.7. The minimum Gasteiger partial charge on any atom is -0.508 e. The Balaban J connectivity index is 2.34. The molecule has 1 aromatic carbocycles. The number of carbonyl (C=O) groups is 1. The number of aromatic hydroxyl groups is 1. The number of hydrogen-bond acceptors (Lipinski definition) is 5. The molecule has 0 saturated heterocycles. The van der Waals surface area contributed by atoms with Gasteiger partial charge in [-0.3, -0.25) is 4.79 Å². The van der Waals surface area contributed by atoms with Crippen LogP contribution in [0.25, 0.3) is 0 Å². The maximum atomic E-state index is 12.5. The molecular weight excluding hydrogens is 316 g/mol. The van der Waals surface area contributed by atoms with Crippen LogP contribution < -0.4 is 16.8 Å². The molecule has 0 aliphatic heterocycles. The lowest BCUT2D eigenvalue weighted by Gasteiger charge is -2.23. The molecule has 1 rings (SSSR count). The summed E-state index contributed by atoms with van der Waals surface area (Å²) >= 11 is 0. The molecule has 0 fully saturated rings. The van der Waals surface area contributed by atoms with Gasteiger partial charge in [-0.2, -0.15) is 0 Å². The van der Waals surface area contributed by atoms with E-state index in [9.17, 15) is 9.90 Å². The number of nitrogens with two attached hydrogens (primary N) is 2. The van der Waals surface area contributed by atoms with E-state index in [0.717, 1.165) is 50.9 Å². The molecule has 6 N–H and O–H groups in total. The van der Waals surface area contributed by atoms with Gasteiger partial charge in [0.25, 0.3) is 0 Å². The number of rotatable bonds is 14. The molecule has 0 aromatic heterocycles. The van der Waals surface area contributed by atoms with Crippen LogP contribution >= 0.6 is 0 Å². The number of phenols is 1. The monoisotopic (exact) mass is 350 g/mol. The van der Waals surface area contributed by atoms with Crippen molar-refractivity contribution in [2.75, 3.05) is 39.3 Å². The molecule has 0 aliphatic carbocycles. The van der Waals surface area contributed by atoms with Crippen LogP contribution in [0, 0.1) is 0 Å². The molecule has 0 bridgehead atoms. The Morgan fingerprint density at radius 3 is 2.40 bits per heavy atom. The maximum absolute atomic E-state index is 12.5. The van der Waals surface area contributed by atoms with Gasteiger partial charge in [-0.15, -0.1) is 0 Å². The Morgan fingerprint density at radius 2 is 1.68 bits per heavy atom. The largest absolute Gasteiger partial charge is 0.508 e. The number of para-hydroxylation sites is 1. The molecule has 25 heavy (non-hydrogen) atoms. The molecule has 0 spiro atoms. The van der Waals surface area contributed by atoms with Crippen LogP contribution in [0.5, 0.6) is 5.75 Å². The van der Waals surface area contributed by atoms with E-state index >= 15 is 0 Å². The van der Waals surface area contributed by atoms with E-state index in [2.05, 4.69) is 5.32 Å². The first-order valence-electron chi connectivity index (χ1n) is 9.34. The summed E-state index contributed by atoms with van der Waals surface area (Å²) in [5.74, 6) is 0.389. The molecule has 0 radical (unpaired) electrons. The summed E-state index contributed by atoms with van der Waals surface area (Å²) in [6, 6.07) is 7.18. The van der Waals surface area contributed by atoms with E-state index < -0.39 is 0 Å². The lowest BCUT2D eigenvalue weighted by Crippen LogP contribution is -2.34. The van der Waals surface area contributed by atoms with Crippen molar-refractivity contribution in [2.24, 2.45) is 11.5 Å². The second-order valence-corrected chi connectivity index (χ2v) is 6.25. The Hall–Kier alpha value is -1.63. The Labute approximate surface area is 151 Å². The van der Waals surface area contributed by atoms with Crippen molar-refractivity contribution in [3.05, 3.63) is 29.8 Å². The number of aryl methyl sites for hydroxylation is 1. The summed E-state index contributed by atoms with van der Waals surface area (Å²) in [5, 5.41) is 13.2. The molecule has 0 aliphatic rings. The number of nitrogens with one attached hydrogen (secondary N) is 1. The van der Waals surface area contributed by atoms with E-state index in [1.807, 2.05) is 17.0 Å². The van der Waals surface area contributed by atoms with Crippen molar-refractivity contribution >= 4 is 5.91 Å². The summed E-state index contributed by atoms with van der Waals surface area (Å²) < 4.78 is 0. The fourth-order valence-corrected chi connectivity index (χ4v) is 2.67. The summed E-state index contributed by atoms with van der Waals surface area (Å²) in [5.41, 5.74) is 11.9. The van der Waals surface area contributed by atoms with Crippen molar-refractivity contribution < 1.29 is 9.90 Å². The predicted octanol–water partition coefficient (Wildman–Crippen LogP) is 1.22. The van der Waals surface area contributed by atoms with Crippen LogP contribution in [0.3, 0.4) is 0 Å². The molecule has 0 saturated carbocycles. The van der Waals surface area contributed by atoms with Gasteiger partial charge in [0.05, 0.1) is 0 Å². The topological polar surface area (TPSA) is 105 Å². The molecular formula is C19H34N4O2. The summed E-state index contributed by atoms with van der Waals surface area (Å²) in [7, 11) is 0. The number of benzene rings is 1. The number of hydrogen-bond donors (Lipinski definition) is 4. The smallest absolute Gasteiger partial charge is 0.222 e. The molecule has 1 aromatic rings. The molecule has 1 amide bonds. The van der Waals surface area contributed by atoms with Crippen LogP contribution in [0.2, 0.25) is 0 Å². The number of unbranched alkanes of at least 4 members (excludes halogenated alkanes) is 1. The summed E-state index contributed by atoms with van der Waals surface area (Å²) in [6.07, 6.45) is 4.80. The molecule has 0 unspecified atom stereocenters. The van der Waals surface area contributed by atoms with E-state index in [1.54, 1.807) is 12.1 Å². The molecule has 6 heteroatoms. The van der Waals surface area contributed by atoms with E-state index in [0.29, 0.717) is 32.5 Å². The second kappa shape index (κ2) is 13.6. The number of phenolic OH excluding ortho intramolecular Hbond substituents is 1. The fraction of sp³-hybridized carbons (Fsp3) is 0.632. The van der Waals surface area contributed by atoms with Crippen molar-refractivity contribution in [3.8, 4) is 5.75 Å². The average Bonchev–Trinajstić information content (AvgIpc) is 2.62. The minimum atomic E-state index is 0.132. The zero-order chi connectivity index (χ0) is 18.3. The standard InChI is InChI=1S/C19H34N4O2/c20-11-5-14-22-13-3-4-15-23(16-6-12-21)19(25)10-9-17-7-1-2-8-18(17)24/h1-2,7-8,22,24H,3-6,9-16,20-21H2. The number of carbonyl (C=O) groups excluding carboxylic acids is 1. The third-order valence-corrected chi connectivity index (χ3v) is 4.17. The average molecular weight is 351 g/mol. The zero-order valence-electron chi connectivity index (χ0n) is 15.3. The van der Waals surface area contributed by atoms with Gasteiger partial charge in [0.2, 0.25) is 5.91 Å². The van der Waals surface area contributed by atoms with Crippen molar-refractivity contribution in [3.63, 3.8) is 0 Å². The zero-order valence-corrected chi connectivity index (χ0v) is 15.3. The van der Waals surface area contributed by atoms with Crippen molar-refractivity contribution in [2.45, 2.75) is 38.5 Å². The summed E-state index contributed by atoms with van der Waals surface area (Å²) in [6.45, 7) is 4.67. The lowest BCUT2D eigenvalue weighted by molar-refractivity contribution is -0.131. The third kappa shape index (κ3) is 9.43. The highest BCUT2D eigenvalue weighted by molar-refractivity contribution is 5.76. The normalized spacial score (nSPS) is 10.8. The highest BCUT2D eigenvalue weighted by atomic mass is 16.3. The van der Waals surface area contributed by atoms with Crippen molar-refractivity contribution in [1.29, 1.82) is 0 Å². The van der Waals surface area contributed by atoms with Gasteiger partial charge in [0.15, 0.2) is 0 Å². The van der Waals surface area contributed by atoms with E-state index in [4.69, 9.17) is 11.5 Å². The third-order valence-electron chi connectivity index (χ3n) is 4.17. The van der Waals surface area contributed by atoms with E-state index in [-0.39, 0.29) is 11.7 Å². The van der Waals surface area contributed by atoms with Crippen LogP contribution in [0.1, 0.15) is 37.7 Å². The van der Waals surface area contributed by atoms with Gasteiger partial charge >= 0.3 is 0 Å². The highest BCUT2D eigenvalue weighted by Crippen LogP contribution is 2.17. The Morgan fingerprint density at radius 1 is 1.00 bits per heavy atom. The number of amides is 1. The predicted molar refractivity (Wildman–Crippen MR) is 102 cm³/mol. The van der Waals surface area contributed by atoms with Crippen LogP contribution in [0.4, 0.5) is 0 Å². The SMILES string of the molecule is NCCCNCCCCN(CCCN)C(=O)CCc1ccccc1O. The van der Waals surface area contributed by atoms with E-state index in [1.165, 1.54) is 0 Å². The first-order chi connectivity index (χ1) is 12.2. The summed E-state index contributed by atoms with van der Waals surface area (Å²) in [4.78, 5) is 14.4. The highest BCUT2D eigenvalue weighted by Gasteiger charge is 2.13. The van der Waals surface area contributed by atoms with Gasteiger partial charge < -0.3 is 26.8 Å². The molecule has 0 heterocycles. The first-order valence-corrected chi connectivity index (χ1v) is 9.34. The molecule has 6 nitrogen and oxygen atoms in total. The molecule has 0 atom stereocenters. The molecule has 142 valence electrons. The van der Waals surface area contributed by atoms with Gasteiger partial charge in [-0.1, -0.05) is 18.2 Å². The fourth-order valence-electron chi connectivity index (χ4n) is 2.67. The van der Waals surface area contributed by atoms with Crippen LogP contribution in [-0.2, 0) is 11.2 Å². The van der Waals surface area contributed by atoms with Gasteiger partial charge in [0, 0.05) is 19.5 Å². The minimum absolute atomic E-state index is 0.132. The van der Waals surface area contributed by atoms with Gasteiger partial charge in [-0.05, 0) is 69.9 Å².